The van der Waals surface area contributed by atoms with Gasteiger partial charge in [-0.25, -0.2) is 0 Å². The van der Waals surface area contributed by atoms with Crippen LogP contribution in [0.4, 0.5) is 0 Å². The number of piperidine rings is 1. The summed E-state index contributed by atoms with van der Waals surface area (Å²) in [5.74, 6) is 0. The standard InChI is InChI=1S/C9H20AsN/c1-9-5-2-3-7-11(9)8-4-6-10/h9H,2-8,10H2,1H3/t9-/m0/s1. The van der Waals surface area contributed by atoms with Crippen molar-refractivity contribution in [3.63, 3.8) is 0 Å². The van der Waals surface area contributed by atoms with E-state index in [1.807, 2.05) is 16.9 Å². The van der Waals surface area contributed by atoms with Gasteiger partial charge in [0.05, 0.1) is 0 Å². The van der Waals surface area contributed by atoms with Crippen LogP contribution in [-0.2, 0) is 0 Å². The maximum absolute atomic E-state index is 2.66. The van der Waals surface area contributed by atoms with Crippen LogP contribution >= 0.6 is 0 Å². The normalized spacial score (nSPS) is 27.3. The van der Waals surface area contributed by atoms with Crippen LogP contribution in [0.5, 0.6) is 0 Å². The molecule has 0 aromatic heterocycles. The van der Waals surface area contributed by atoms with Gasteiger partial charge in [-0.05, 0) is 0 Å². The predicted molar refractivity (Wildman–Crippen MR) is 52.9 cm³/mol. The Bertz CT molecular complexity index is 106. The average Bonchev–Trinajstić information content (AvgIpc) is 2.03. The fraction of sp³-hybridized carbons (Fsp3) is 1.00. The molecule has 0 aliphatic carbocycles. The van der Waals surface area contributed by atoms with Gasteiger partial charge in [0.15, 0.2) is 0 Å². The molecule has 2 heteroatoms. The number of hydrogen-bond donors (Lipinski definition) is 0. The van der Waals surface area contributed by atoms with Gasteiger partial charge in [0.25, 0.3) is 0 Å². The van der Waals surface area contributed by atoms with Crippen molar-refractivity contribution in [2.45, 2.75) is 43.9 Å². The third-order valence-electron chi connectivity index (χ3n) is 2.59. The molecule has 1 saturated heterocycles. The Labute approximate surface area is 79.0 Å². The Morgan fingerprint density at radius 1 is 1.45 bits per heavy atom. The van der Waals surface area contributed by atoms with E-state index in [0.29, 0.717) is 0 Å². The predicted octanol–water partition coefficient (Wildman–Crippen LogP) is 1.30. The Hall–Kier alpha value is 0.518. The van der Waals surface area contributed by atoms with Crippen LogP contribution in [0.1, 0.15) is 32.6 Å². The molecule has 1 aliphatic rings. The average molecular weight is 217 g/mol. The second kappa shape index (κ2) is 5.21. The van der Waals surface area contributed by atoms with E-state index in [4.69, 9.17) is 0 Å². The van der Waals surface area contributed by atoms with Gasteiger partial charge in [0.1, 0.15) is 0 Å². The number of rotatable bonds is 3. The quantitative estimate of drug-likeness (QED) is 0.644. The summed E-state index contributed by atoms with van der Waals surface area (Å²) in [7, 11) is 0. The van der Waals surface area contributed by atoms with E-state index in [-0.39, 0.29) is 0 Å². The molecular weight excluding hydrogens is 197 g/mol. The molecule has 2 atom stereocenters. The van der Waals surface area contributed by atoms with Gasteiger partial charge in [-0.15, -0.1) is 0 Å². The second-order valence-electron chi connectivity index (χ2n) is 3.52. The van der Waals surface area contributed by atoms with Crippen LogP contribution in [0.25, 0.3) is 0 Å². The number of likely N-dealkylation sites (tertiary alicyclic amines) is 1. The molecule has 1 heterocycles. The molecule has 0 spiro atoms. The van der Waals surface area contributed by atoms with Gasteiger partial charge in [0.2, 0.25) is 0 Å². The molecule has 0 aromatic carbocycles. The molecule has 0 radical (unpaired) electrons. The van der Waals surface area contributed by atoms with E-state index in [0.717, 1.165) is 6.04 Å². The first-order chi connectivity index (χ1) is 5.34. The summed E-state index contributed by atoms with van der Waals surface area (Å²) in [6.07, 6.45) is 5.71. The summed E-state index contributed by atoms with van der Waals surface area (Å²) in [6, 6.07) is 0.864. The topological polar surface area (TPSA) is 3.24 Å². The van der Waals surface area contributed by atoms with Gasteiger partial charge in [-0.2, -0.15) is 0 Å². The summed E-state index contributed by atoms with van der Waals surface area (Å²) in [5, 5.41) is 1.40. The van der Waals surface area contributed by atoms with Crippen LogP contribution < -0.4 is 0 Å². The minimum absolute atomic E-state index is 0.864. The van der Waals surface area contributed by atoms with Gasteiger partial charge in [-0.3, -0.25) is 0 Å². The Kier molecular flexibility index (Phi) is 4.55. The molecule has 0 amide bonds. The summed E-state index contributed by atoms with van der Waals surface area (Å²) in [5.41, 5.74) is 0. The summed E-state index contributed by atoms with van der Waals surface area (Å²) in [4.78, 5) is 2.66. The zero-order valence-electron chi connectivity index (χ0n) is 7.55. The first-order valence-corrected chi connectivity index (χ1v) is 6.50. The van der Waals surface area contributed by atoms with E-state index < -0.39 is 0 Å². The van der Waals surface area contributed by atoms with Crippen LogP contribution in [0.15, 0.2) is 0 Å². The van der Waals surface area contributed by atoms with Crippen LogP contribution in [-0.4, -0.2) is 40.9 Å². The zero-order chi connectivity index (χ0) is 8.10. The first-order valence-electron chi connectivity index (χ1n) is 4.78. The van der Waals surface area contributed by atoms with Gasteiger partial charge < -0.3 is 0 Å². The van der Waals surface area contributed by atoms with Gasteiger partial charge in [0, 0.05) is 0 Å². The molecule has 1 rings (SSSR count). The zero-order valence-corrected chi connectivity index (χ0v) is 9.97. The van der Waals surface area contributed by atoms with Crippen LogP contribution in [0.3, 0.4) is 0 Å². The third-order valence-corrected chi connectivity index (χ3v) is 3.45. The van der Waals surface area contributed by atoms with Crippen molar-refractivity contribution >= 4 is 16.9 Å². The van der Waals surface area contributed by atoms with Crippen molar-refractivity contribution in [3.8, 4) is 0 Å². The molecule has 0 saturated carbocycles. The molecule has 1 unspecified atom stereocenters. The second-order valence-corrected chi connectivity index (χ2v) is 4.73. The van der Waals surface area contributed by atoms with Crippen molar-refractivity contribution in [1.29, 1.82) is 0 Å². The maximum atomic E-state index is 2.66. The minimum atomic E-state index is 0.864. The molecule has 0 aromatic rings. The Morgan fingerprint density at radius 3 is 2.91 bits per heavy atom. The fourth-order valence-corrected chi connectivity index (χ4v) is 2.17. The SMILES string of the molecule is C[C@H]1CCCCN1CCC[AsH2]. The molecule has 0 bridgehead atoms. The van der Waals surface area contributed by atoms with Crippen molar-refractivity contribution in [2.24, 2.45) is 0 Å². The molecule has 1 fully saturated rings. The fourth-order valence-electron chi connectivity index (χ4n) is 1.78. The van der Waals surface area contributed by atoms with Crippen molar-refractivity contribution in [2.75, 3.05) is 13.1 Å². The van der Waals surface area contributed by atoms with Crippen molar-refractivity contribution in [3.05, 3.63) is 0 Å². The summed E-state index contributed by atoms with van der Waals surface area (Å²) < 4.78 is 0. The van der Waals surface area contributed by atoms with E-state index in [9.17, 15) is 0 Å². The van der Waals surface area contributed by atoms with Crippen LogP contribution in [0.2, 0.25) is 5.21 Å². The van der Waals surface area contributed by atoms with Crippen molar-refractivity contribution in [1.82, 2.24) is 4.90 Å². The summed E-state index contributed by atoms with van der Waals surface area (Å²) >= 11 is 1.87. The van der Waals surface area contributed by atoms with Crippen molar-refractivity contribution < 1.29 is 0 Å². The molecule has 66 valence electrons. The van der Waals surface area contributed by atoms with Gasteiger partial charge >= 0.3 is 78.7 Å². The van der Waals surface area contributed by atoms with E-state index in [1.54, 1.807) is 0 Å². The van der Waals surface area contributed by atoms with E-state index in [1.165, 1.54) is 44.0 Å². The molecule has 1 aliphatic heterocycles. The van der Waals surface area contributed by atoms with E-state index >= 15 is 0 Å². The van der Waals surface area contributed by atoms with Gasteiger partial charge in [-0.1, -0.05) is 0 Å². The molecule has 11 heavy (non-hydrogen) atoms. The number of hydrogen-bond acceptors (Lipinski definition) is 1. The summed E-state index contributed by atoms with van der Waals surface area (Å²) in [6.45, 7) is 5.08. The van der Waals surface area contributed by atoms with Crippen LogP contribution in [0, 0.1) is 0 Å². The molecule has 1 nitrogen and oxygen atoms in total. The first kappa shape index (κ1) is 9.61. The Morgan fingerprint density at radius 2 is 2.27 bits per heavy atom. The monoisotopic (exact) mass is 217 g/mol. The number of nitrogens with zero attached hydrogens (tertiary/aromatic N) is 1. The molecule has 0 N–H and O–H groups in total. The molecular formula is C9H20AsN. The Balaban J connectivity index is 2.18. The van der Waals surface area contributed by atoms with E-state index in [2.05, 4.69) is 11.8 Å². The third kappa shape index (κ3) is 3.17.